The van der Waals surface area contributed by atoms with Crippen molar-refractivity contribution in [3.8, 4) is 39.6 Å². The highest BCUT2D eigenvalue weighted by Gasteiger charge is 2.21. The van der Waals surface area contributed by atoms with E-state index in [1.165, 1.54) is 48.9 Å². The summed E-state index contributed by atoms with van der Waals surface area (Å²) in [6.07, 6.45) is 0. The number of hydrogen-bond donors (Lipinski definition) is 1. The molecule has 7 aromatic carbocycles. The molecular formula is C44H28N4. The Bertz CT molecular complexity index is 2750. The second-order valence-corrected chi connectivity index (χ2v) is 12.3. The fraction of sp³-hybridized carbons (Fsp3) is 0. The summed E-state index contributed by atoms with van der Waals surface area (Å²) in [6, 6.07) is 57.6. The SMILES string of the molecule is c1ccc(-c2cc(-c3ccc(-n4c5ccccc5c5c6c7ccccc7[nH]c6c6ccccc6c54)cc3)nc(-c3ccccc3)n2)cc1. The molecule has 0 radical (unpaired) electrons. The molecule has 0 aliphatic rings. The largest absolute Gasteiger partial charge is 0.354 e. The van der Waals surface area contributed by atoms with Gasteiger partial charge in [-0.2, -0.15) is 0 Å². The standard InChI is InChI=1S/C44H28N4/c1-3-13-28(14-4-1)37-27-38(47-44(46-37)30-15-5-2-6-16-30)29-23-25-31(26-24-29)48-39-22-12-10-20-35(39)41-40-34-19-9-11-21-36(34)45-42(40)32-17-7-8-18-33(32)43(41)48/h1-27,45H. The first kappa shape index (κ1) is 26.7. The van der Waals surface area contributed by atoms with Crippen LogP contribution < -0.4 is 0 Å². The van der Waals surface area contributed by atoms with Crippen molar-refractivity contribution in [1.29, 1.82) is 0 Å². The molecule has 0 aliphatic carbocycles. The van der Waals surface area contributed by atoms with Gasteiger partial charge in [0.2, 0.25) is 0 Å². The molecule has 10 rings (SSSR count). The molecule has 0 saturated heterocycles. The lowest BCUT2D eigenvalue weighted by Gasteiger charge is -2.13. The van der Waals surface area contributed by atoms with E-state index in [4.69, 9.17) is 9.97 Å². The third kappa shape index (κ3) is 4.03. The summed E-state index contributed by atoms with van der Waals surface area (Å²) in [4.78, 5) is 13.8. The van der Waals surface area contributed by atoms with Gasteiger partial charge in [-0.25, -0.2) is 9.97 Å². The Kier molecular flexibility index (Phi) is 5.84. The highest BCUT2D eigenvalue weighted by atomic mass is 15.0. The summed E-state index contributed by atoms with van der Waals surface area (Å²) in [6.45, 7) is 0. The fourth-order valence-corrected chi connectivity index (χ4v) is 7.38. The molecule has 0 aliphatic heterocycles. The second kappa shape index (κ2) is 10.5. The number of aromatic amines is 1. The van der Waals surface area contributed by atoms with Crippen LogP contribution in [0.5, 0.6) is 0 Å². The Labute approximate surface area is 276 Å². The third-order valence-electron chi connectivity index (χ3n) is 9.53. The monoisotopic (exact) mass is 612 g/mol. The van der Waals surface area contributed by atoms with E-state index in [-0.39, 0.29) is 0 Å². The molecule has 224 valence electrons. The van der Waals surface area contributed by atoms with Crippen LogP contribution in [0.3, 0.4) is 0 Å². The Morgan fingerprint density at radius 1 is 0.438 bits per heavy atom. The van der Waals surface area contributed by atoms with Gasteiger partial charge in [-0.05, 0) is 30.3 Å². The number of aromatic nitrogens is 4. The van der Waals surface area contributed by atoms with Crippen LogP contribution in [0.25, 0.3) is 94.0 Å². The molecule has 48 heavy (non-hydrogen) atoms. The molecular weight excluding hydrogens is 585 g/mol. The van der Waals surface area contributed by atoms with Crippen LogP contribution in [0.4, 0.5) is 0 Å². The molecule has 4 heteroatoms. The van der Waals surface area contributed by atoms with E-state index < -0.39 is 0 Å². The lowest BCUT2D eigenvalue weighted by Crippen LogP contribution is -1.97. The van der Waals surface area contributed by atoms with Gasteiger partial charge in [0.05, 0.1) is 27.9 Å². The summed E-state index contributed by atoms with van der Waals surface area (Å²) >= 11 is 0. The van der Waals surface area contributed by atoms with Crippen molar-refractivity contribution >= 4 is 54.4 Å². The van der Waals surface area contributed by atoms with Crippen LogP contribution in [0.2, 0.25) is 0 Å². The van der Waals surface area contributed by atoms with Gasteiger partial charge in [0.1, 0.15) is 0 Å². The van der Waals surface area contributed by atoms with Crippen molar-refractivity contribution in [1.82, 2.24) is 19.5 Å². The Hall–Kier alpha value is -6.52. The first-order chi connectivity index (χ1) is 23.8. The van der Waals surface area contributed by atoms with Crippen LogP contribution in [0.1, 0.15) is 0 Å². The highest BCUT2D eigenvalue weighted by molar-refractivity contribution is 6.36. The van der Waals surface area contributed by atoms with Gasteiger partial charge < -0.3 is 9.55 Å². The summed E-state index contributed by atoms with van der Waals surface area (Å²) < 4.78 is 2.43. The van der Waals surface area contributed by atoms with Gasteiger partial charge in [-0.3, -0.25) is 0 Å². The van der Waals surface area contributed by atoms with Gasteiger partial charge in [0.25, 0.3) is 0 Å². The zero-order chi connectivity index (χ0) is 31.6. The molecule has 10 aromatic rings. The number of rotatable bonds is 4. The van der Waals surface area contributed by atoms with Crippen LogP contribution in [0, 0.1) is 0 Å². The van der Waals surface area contributed by atoms with Crippen molar-refractivity contribution in [2.45, 2.75) is 0 Å². The molecule has 3 aromatic heterocycles. The predicted molar refractivity (Wildman–Crippen MR) is 200 cm³/mol. The molecule has 0 bridgehead atoms. The number of fused-ring (bicyclic) bond motifs is 10. The minimum absolute atomic E-state index is 0.715. The molecule has 1 N–H and O–H groups in total. The highest BCUT2D eigenvalue weighted by Crippen LogP contribution is 2.44. The Morgan fingerprint density at radius 3 is 1.73 bits per heavy atom. The van der Waals surface area contributed by atoms with Crippen molar-refractivity contribution in [3.63, 3.8) is 0 Å². The third-order valence-corrected chi connectivity index (χ3v) is 9.53. The zero-order valence-electron chi connectivity index (χ0n) is 25.9. The minimum Gasteiger partial charge on any atom is -0.354 e. The number of nitrogens with one attached hydrogen (secondary N) is 1. The van der Waals surface area contributed by atoms with E-state index >= 15 is 0 Å². The van der Waals surface area contributed by atoms with Gasteiger partial charge in [0.15, 0.2) is 5.82 Å². The smallest absolute Gasteiger partial charge is 0.160 e. The van der Waals surface area contributed by atoms with Gasteiger partial charge in [0, 0.05) is 60.2 Å². The van der Waals surface area contributed by atoms with Crippen LogP contribution in [-0.4, -0.2) is 19.5 Å². The van der Waals surface area contributed by atoms with E-state index in [0.29, 0.717) is 5.82 Å². The van der Waals surface area contributed by atoms with Crippen molar-refractivity contribution in [3.05, 3.63) is 164 Å². The maximum absolute atomic E-state index is 5.07. The number of H-pyrrole nitrogens is 1. The van der Waals surface area contributed by atoms with E-state index in [0.717, 1.165) is 39.3 Å². The number of para-hydroxylation sites is 2. The van der Waals surface area contributed by atoms with Crippen LogP contribution >= 0.6 is 0 Å². The summed E-state index contributed by atoms with van der Waals surface area (Å²) in [5, 5.41) is 7.48. The van der Waals surface area contributed by atoms with Gasteiger partial charge >= 0.3 is 0 Å². The Balaban J connectivity index is 1.21. The van der Waals surface area contributed by atoms with E-state index in [2.05, 4.69) is 137 Å². The summed E-state index contributed by atoms with van der Waals surface area (Å²) in [5.74, 6) is 0.715. The van der Waals surface area contributed by atoms with E-state index in [1.807, 2.05) is 36.4 Å². The first-order valence-electron chi connectivity index (χ1n) is 16.3. The summed E-state index contributed by atoms with van der Waals surface area (Å²) in [7, 11) is 0. The summed E-state index contributed by atoms with van der Waals surface area (Å²) in [5.41, 5.74) is 10.7. The molecule has 0 fully saturated rings. The molecule has 0 unspecified atom stereocenters. The lowest BCUT2D eigenvalue weighted by molar-refractivity contribution is 1.17. The van der Waals surface area contributed by atoms with Crippen molar-refractivity contribution < 1.29 is 0 Å². The minimum atomic E-state index is 0.715. The van der Waals surface area contributed by atoms with Crippen LogP contribution in [-0.2, 0) is 0 Å². The predicted octanol–water partition coefficient (Wildman–Crippen LogP) is 11.4. The second-order valence-electron chi connectivity index (χ2n) is 12.3. The molecule has 3 heterocycles. The quantitative estimate of drug-likeness (QED) is 0.215. The number of hydrogen-bond acceptors (Lipinski definition) is 2. The first-order valence-corrected chi connectivity index (χ1v) is 16.3. The number of benzene rings is 7. The molecule has 0 atom stereocenters. The Morgan fingerprint density at radius 2 is 1.00 bits per heavy atom. The van der Waals surface area contributed by atoms with E-state index in [1.54, 1.807) is 0 Å². The van der Waals surface area contributed by atoms with Crippen molar-refractivity contribution in [2.75, 3.05) is 0 Å². The molecule has 0 amide bonds. The van der Waals surface area contributed by atoms with Gasteiger partial charge in [-0.15, -0.1) is 0 Å². The zero-order valence-corrected chi connectivity index (χ0v) is 25.9. The molecule has 0 spiro atoms. The van der Waals surface area contributed by atoms with Crippen molar-refractivity contribution in [2.24, 2.45) is 0 Å². The van der Waals surface area contributed by atoms with E-state index in [9.17, 15) is 0 Å². The average molecular weight is 613 g/mol. The van der Waals surface area contributed by atoms with Crippen LogP contribution in [0.15, 0.2) is 164 Å². The fourth-order valence-electron chi connectivity index (χ4n) is 7.38. The topological polar surface area (TPSA) is 46.5 Å². The lowest BCUT2D eigenvalue weighted by atomic mass is 9.99. The van der Waals surface area contributed by atoms with Gasteiger partial charge in [-0.1, -0.05) is 133 Å². The average Bonchev–Trinajstić information content (AvgIpc) is 3.72. The number of nitrogens with zero attached hydrogens (tertiary/aromatic N) is 3. The molecule has 0 saturated carbocycles. The molecule has 4 nitrogen and oxygen atoms in total. The maximum atomic E-state index is 5.07. The maximum Gasteiger partial charge on any atom is 0.160 e. The normalized spacial score (nSPS) is 11.8.